The third-order valence-electron chi connectivity index (χ3n) is 4.25. The summed E-state index contributed by atoms with van der Waals surface area (Å²) >= 11 is 3.41. The number of nitrogens with one attached hydrogen (secondary N) is 3. The minimum Gasteiger partial charge on any atom is -0.354 e. The predicted molar refractivity (Wildman–Crippen MR) is 98.9 cm³/mol. The van der Waals surface area contributed by atoms with Gasteiger partial charge in [-0.2, -0.15) is 5.10 Å². The molecule has 1 aromatic heterocycles. The lowest BCUT2D eigenvalue weighted by molar-refractivity contribution is -0.124. The van der Waals surface area contributed by atoms with E-state index in [0.29, 0.717) is 18.8 Å². The molecule has 1 fully saturated rings. The van der Waals surface area contributed by atoms with Crippen molar-refractivity contribution in [1.82, 2.24) is 20.4 Å². The van der Waals surface area contributed by atoms with Gasteiger partial charge in [-0.25, -0.2) is 9.48 Å². The van der Waals surface area contributed by atoms with Gasteiger partial charge in [0.1, 0.15) is 11.9 Å². The number of amides is 3. The van der Waals surface area contributed by atoms with E-state index in [1.165, 1.54) is 0 Å². The van der Waals surface area contributed by atoms with Crippen LogP contribution in [0.15, 0.2) is 28.7 Å². The Hall–Kier alpha value is -2.35. The van der Waals surface area contributed by atoms with Crippen LogP contribution in [-0.4, -0.2) is 34.3 Å². The molecule has 1 atom stereocenters. The van der Waals surface area contributed by atoms with Gasteiger partial charge in [0.05, 0.1) is 11.4 Å². The highest BCUT2D eigenvalue weighted by Crippen LogP contribution is 2.24. The zero-order valence-corrected chi connectivity index (χ0v) is 15.7. The van der Waals surface area contributed by atoms with Crippen molar-refractivity contribution in [2.24, 2.45) is 0 Å². The lowest BCUT2D eigenvalue weighted by atomic mass is 10.1. The number of carbonyl (C=O) groups excluding carboxylic acids is 2. The van der Waals surface area contributed by atoms with Crippen molar-refractivity contribution >= 4 is 33.7 Å². The quantitative estimate of drug-likeness (QED) is 0.733. The van der Waals surface area contributed by atoms with Crippen LogP contribution in [0.3, 0.4) is 0 Å². The monoisotopic (exact) mass is 405 g/mol. The number of piperidine rings is 1. The number of aromatic nitrogens is 2. The van der Waals surface area contributed by atoms with E-state index in [4.69, 9.17) is 0 Å². The standard InChI is InChI=1S/C17H20BrN5O2/c1-10-11(2)22-23(13-7-5-12(18)6-8-13)15(10)21-17(25)20-14-4-3-9-19-16(14)24/h5-8,14H,3-4,9H2,1-2H3,(H,19,24)(H2,20,21,25)/t14-/m1/s1. The Morgan fingerprint density at radius 2 is 2.04 bits per heavy atom. The van der Waals surface area contributed by atoms with E-state index >= 15 is 0 Å². The fourth-order valence-corrected chi connectivity index (χ4v) is 3.00. The number of rotatable bonds is 3. The van der Waals surface area contributed by atoms with Crippen molar-refractivity contribution in [2.75, 3.05) is 11.9 Å². The molecule has 1 aliphatic rings. The first-order valence-electron chi connectivity index (χ1n) is 8.13. The molecule has 0 aliphatic carbocycles. The molecule has 3 amide bonds. The number of nitrogens with zero attached hydrogens (tertiary/aromatic N) is 2. The molecule has 0 bridgehead atoms. The Morgan fingerprint density at radius 1 is 1.32 bits per heavy atom. The fourth-order valence-electron chi connectivity index (χ4n) is 2.73. The fraction of sp³-hybridized carbons (Fsp3) is 0.353. The van der Waals surface area contributed by atoms with E-state index < -0.39 is 12.1 Å². The van der Waals surface area contributed by atoms with Gasteiger partial charge in [0, 0.05) is 16.6 Å². The molecule has 25 heavy (non-hydrogen) atoms. The maximum absolute atomic E-state index is 12.4. The van der Waals surface area contributed by atoms with Crippen molar-refractivity contribution < 1.29 is 9.59 Å². The number of hydrogen-bond acceptors (Lipinski definition) is 3. The van der Waals surface area contributed by atoms with E-state index in [1.54, 1.807) is 4.68 Å². The van der Waals surface area contributed by atoms with Gasteiger partial charge in [-0.05, 0) is 51.0 Å². The van der Waals surface area contributed by atoms with Crippen molar-refractivity contribution in [2.45, 2.75) is 32.7 Å². The number of aryl methyl sites for hydroxylation is 1. The average molecular weight is 406 g/mol. The Morgan fingerprint density at radius 3 is 2.72 bits per heavy atom. The highest BCUT2D eigenvalue weighted by molar-refractivity contribution is 9.10. The Bertz CT molecular complexity index is 800. The summed E-state index contributed by atoms with van der Waals surface area (Å²) in [6.07, 6.45) is 1.49. The maximum Gasteiger partial charge on any atom is 0.321 e. The Balaban J connectivity index is 1.80. The predicted octanol–water partition coefficient (Wildman–Crippen LogP) is 2.65. The molecule has 1 saturated heterocycles. The minimum absolute atomic E-state index is 0.143. The van der Waals surface area contributed by atoms with E-state index in [-0.39, 0.29) is 5.91 Å². The molecule has 3 N–H and O–H groups in total. The molecular weight excluding hydrogens is 386 g/mol. The molecule has 132 valence electrons. The summed E-state index contributed by atoms with van der Waals surface area (Å²) in [4.78, 5) is 24.2. The third kappa shape index (κ3) is 3.84. The molecule has 3 rings (SSSR count). The van der Waals surface area contributed by atoms with Gasteiger partial charge in [-0.3, -0.25) is 10.1 Å². The first kappa shape index (κ1) is 17.5. The lowest BCUT2D eigenvalue weighted by Crippen LogP contribution is -2.51. The van der Waals surface area contributed by atoms with Crippen LogP contribution >= 0.6 is 15.9 Å². The smallest absolute Gasteiger partial charge is 0.321 e. The molecule has 0 radical (unpaired) electrons. The summed E-state index contributed by atoms with van der Waals surface area (Å²) in [5.74, 6) is 0.448. The largest absolute Gasteiger partial charge is 0.354 e. The van der Waals surface area contributed by atoms with Gasteiger partial charge in [-0.1, -0.05) is 15.9 Å². The molecule has 1 aliphatic heterocycles. The van der Waals surface area contributed by atoms with Gasteiger partial charge >= 0.3 is 6.03 Å². The summed E-state index contributed by atoms with van der Waals surface area (Å²) < 4.78 is 2.66. The average Bonchev–Trinajstić information content (AvgIpc) is 2.86. The SMILES string of the molecule is Cc1nn(-c2ccc(Br)cc2)c(NC(=O)N[C@@H]2CCCNC2=O)c1C. The number of benzene rings is 1. The molecular formula is C17H20BrN5O2. The highest BCUT2D eigenvalue weighted by Gasteiger charge is 2.24. The molecule has 0 spiro atoms. The van der Waals surface area contributed by atoms with Crippen LogP contribution in [0.25, 0.3) is 5.69 Å². The van der Waals surface area contributed by atoms with Gasteiger partial charge in [0.2, 0.25) is 5.91 Å². The van der Waals surface area contributed by atoms with Crippen LogP contribution in [0.4, 0.5) is 10.6 Å². The van der Waals surface area contributed by atoms with E-state index in [0.717, 1.165) is 27.8 Å². The van der Waals surface area contributed by atoms with Gasteiger partial charge in [-0.15, -0.1) is 0 Å². The zero-order chi connectivity index (χ0) is 18.0. The van der Waals surface area contributed by atoms with Crippen LogP contribution in [0.2, 0.25) is 0 Å². The summed E-state index contributed by atoms with van der Waals surface area (Å²) in [6.45, 7) is 4.45. The molecule has 8 heteroatoms. The zero-order valence-electron chi connectivity index (χ0n) is 14.1. The number of halogens is 1. The number of urea groups is 1. The second-order valence-electron chi connectivity index (χ2n) is 6.03. The summed E-state index contributed by atoms with van der Waals surface area (Å²) in [5.41, 5.74) is 2.55. The molecule has 1 aromatic carbocycles. The first-order valence-corrected chi connectivity index (χ1v) is 8.92. The van der Waals surface area contributed by atoms with Crippen molar-refractivity contribution in [1.29, 1.82) is 0 Å². The van der Waals surface area contributed by atoms with E-state index in [1.807, 2.05) is 38.1 Å². The Labute approximate surface area is 154 Å². The molecule has 0 saturated carbocycles. The molecule has 7 nitrogen and oxygen atoms in total. The summed E-state index contributed by atoms with van der Waals surface area (Å²) in [7, 11) is 0. The summed E-state index contributed by atoms with van der Waals surface area (Å²) in [5, 5.41) is 12.8. The highest BCUT2D eigenvalue weighted by atomic mass is 79.9. The second-order valence-corrected chi connectivity index (χ2v) is 6.95. The van der Waals surface area contributed by atoms with Crippen LogP contribution in [0.5, 0.6) is 0 Å². The topological polar surface area (TPSA) is 88.1 Å². The van der Waals surface area contributed by atoms with E-state index in [9.17, 15) is 9.59 Å². The van der Waals surface area contributed by atoms with Crippen LogP contribution < -0.4 is 16.0 Å². The minimum atomic E-state index is -0.501. The van der Waals surface area contributed by atoms with Crippen LogP contribution in [-0.2, 0) is 4.79 Å². The van der Waals surface area contributed by atoms with Crippen molar-refractivity contribution in [3.05, 3.63) is 40.0 Å². The normalized spacial score (nSPS) is 17.1. The van der Waals surface area contributed by atoms with Gasteiger partial charge in [0.15, 0.2) is 0 Å². The van der Waals surface area contributed by atoms with Crippen LogP contribution in [0, 0.1) is 13.8 Å². The summed E-state index contributed by atoms with van der Waals surface area (Å²) in [6, 6.07) is 6.74. The molecule has 0 unspecified atom stereocenters. The van der Waals surface area contributed by atoms with Gasteiger partial charge in [0.25, 0.3) is 0 Å². The van der Waals surface area contributed by atoms with Crippen LogP contribution in [0.1, 0.15) is 24.1 Å². The van der Waals surface area contributed by atoms with Crippen molar-refractivity contribution in [3.8, 4) is 5.69 Å². The first-order chi connectivity index (χ1) is 12.0. The third-order valence-corrected chi connectivity index (χ3v) is 4.78. The molecule has 2 aromatic rings. The maximum atomic E-state index is 12.4. The van der Waals surface area contributed by atoms with E-state index in [2.05, 4.69) is 37.0 Å². The molecule has 2 heterocycles. The van der Waals surface area contributed by atoms with Crippen molar-refractivity contribution in [3.63, 3.8) is 0 Å². The second kappa shape index (κ2) is 7.26. The number of hydrogen-bond donors (Lipinski definition) is 3. The van der Waals surface area contributed by atoms with Gasteiger partial charge < -0.3 is 10.6 Å². The number of anilines is 1. The number of carbonyl (C=O) groups is 2. The lowest BCUT2D eigenvalue weighted by Gasteiger charge is -2.23. The Kier molecular flexibility index (Phi) is 5.08.